The van der Waals surface area contributed by atoms with Crippen molar-refractivity contribution in [3.05, 3.63) is 65.2 Å². The van der Waals surface area contributed by atoms with Crippen LogP contribution in [-0.4, -0.2) is 27.0 Å². The van der Waals surface area contributed by atoms with Crippen molar-refractivity contribution in [2.24, 2.45) is 0 Å². The minimum Gasteiger partial charge on any atom is -0.465 e. The predicted octanol–water partition coefficient (Wildman–Crippen LogP) is 3.08. The zero-order chi connectivity index (χ0) is 18.7. The number of hydrogen-bond acceptors (Lipinski definition) is 4. The number of esters is 1. The van der Waals surface area contributed by atoms with Gasteiger partial charge in [0, 0.05) is 5.54 Å². The first-order chi connectivity index (χ1) is 11.6. The first-order valence-electron chi connectivity index (χ1n) is 7.91. The van der Waals surface area contributed by atoms with Gasteiger partial charge in [-0.15, -0.1) is 0 Å². The fourth-order valence-corrected chi connectivity index (χ4v) is 4.38. The van der Waals surface area contributed by atoms with Gasteiger partial charge in [0.05, 0.1) is 17.6 Å². The molecule has 0 atom stereocenters. The van der Waals surface area contributed by atoms with Crippen LogP contribution in [0, 0.1) is 6.92 Å². The Labute approximate surface area is 149 Å². The average Bonchev–Trinajstić information content (AvgIpc) is 2.53. The summed E-state index contributed by atoms with van der Waals surface area (Å²) in [6, 6.07) is 14.2. The Morgan fingerprint density at radius 1 is 1.12 bits per heavy atom. The third-order valence-corrected chi connectivity index (χ3v) is 5.64. The number of carbonyl (C=O) groups is 1. The van der Waals surface area contributed by atoms with E-state index < -0.39 is 21.5 Å². The molecule has 2 aromatic rings. The molecule has 134 valence electrons. The number of sulfonamides is 1. The highest BCUT2D eigenvalue weighted by Gasteiger charge is 2.28. The largest absolute Gasteiger partial charge is 0.465 e. The molecule has 0 fully saturated rings. The van der Waals surface area contributed by atoms with Crippen molar-refractivity contribution in [1.82, 2.24) is 4.72 Å². The summed E-state index contributed by atoms with van der Waals surface area (Å²) < 4.78 is 33.1. The second-order valence-corrected chi connectivity index (χ2v) is 8.27. The van der Waals surface area contributed by atoms with Crippen molar-refractivity contribution in [2.45, 2.75) is 37.6 Å². The molecule has 0 saturated carbocycles. The quantitative estimate of drug-likeness (QED) is 0.803. The molecule has 0 heterocycles. The molecular weight excluding hydrogens is 338 g/mol. The standard InChI is InChI=1S/C19H23NO4S/c1-14-10-11-16(18(21)24-4)12-17(14)25(22,23)20-19(2,3)13-15-8-6-5-7-9-15/h5-12,20H,13H2,1-4H3. The minimum atomic E-state index is -3.79. The normalized spacial score (nSPS) is 12.0. The maximum atomic E-state index is 12.9. The molecular formula is C19H23NO4S. The van der Waals surface area contributed by atoms with Gasteiger partial charge >= 0.3 is 5.97 Å². The molecule has 0 bridgehead atoms. The number of hydrogen-bond donors (Lipinski definition) is 1. The number of aryl methyl sites for hydroxylation is 1. The van der Waals surface area contributed by atoms with Gasteiger partial charge in [-0.1, -0.05) is 36.4 Å². The second-order valence-electron chi connectivity index (χ2n) is 6.62. The summed E-state index contributed by atoms with van der Waals surface area (Å²) in [5.41, 5.74) is 1.12. The van der Waals surface area contributed by atoms with Gasteiger partial charge in [0.2, 0.25) is 10.0 Å². The van der Waals surface area contributed by atoms with Gasteiger partial charge in [-0.2, -0.15) is 0 Å². The highest BCUT2D eigenvalue weighted by atomic mass is 32.2. The molecule has 25 heavy (non-hydrogen) atoms. The number of rotatable bonds is 6. The third-order valence-electron chi connectivity index (χ3n) is 3.80. The van der Waals surface area contributed by atoms with Crippen LogP contribution < -0.4 is 4.72 Å². The van der Waals surface area contributed by atoms with E-state index in [0.717, 1.165) is 5.56 Å². The molecule has 6 heteroatoms. The number of benzene rings is 2. The van der Waals surface area contributed by atoms with Gasteiger partial charge in [0.1, 0.15) is 0 Å². The van der Waals surface area contributed by atoms with Crippen LogP contribution in [0.4, 0.5) is 0 Å². The Morgan fingerprint density at radius 3 is 2.36 bits per heavy atom. The Kier molecular flexibility index (Phi) is 5.65. The van der Waals surface area contributed by atoms with Crippen molar-refractivity contribution < 1.29 is 17.9 Å². The molecule has 1 N–H and O–H groups in total. The summed E-state index contributed by atoms with van der Waals surface area (Å²) in [5.74, 6) is -0.569. The highest BCUT2D eigenvalue weighted by Crippen LogP contribution is 2.21. The summed E-state index contributed by atoms with van der Waals surface area (Å²) in [6.07, 6.45) is 0.544. The van der Waals surface area contributed by atoms with Crippen LogP contribution >= 0.6 is 0 Å². The zero-order valence-electron chi connectivity index (χ0n) is 14.9. The van der Waals surface area contributed by atoms with Crippen molar-refractivity contribution in [2.75, 3.05) is 7.11 Å². The number of methoxy groups -OCH3 is 1. The lowest BCUT2D eigenvalue weighted by atomic mass is 9.96. The van der Waals surface area contributed by atoms with E-state index in [0.29, 0.717) is 12.0 Å². The molecule has 0 aliphatic carbocycles. The maximum Gasteiger partial charge on any atom is 0.337 e. The van der Waals surface area contributed by atoms with Crippen LogP contribution in [0.2, 0.25) is 0 Å². The topological polar surface area (TPSA) is 72.5 Å². The number of carbonyl (C=O) groups excluding carboxylic acids is 1. The molecule has 0 unspecified atom stereocenters. The zero-order valence-corrected chi connectivity index (χ0v) is 15.7. The van der Waals surface area contributed by atoms with Crippen molar-refractivity contribution in [3.63, 3.8) is 0 Å². The first-order valence-corrected chi connectivity index (χ1v) is 9.40. The van der Waals surface area contributed by atoms with E-state index in [1.165, 1.54) is 13.2 Å². The summed E-state index contributed by atoms with van der Waals surface area (Å²) >= 11 is 0. The van der Waals surface area contributed by atoms with Crippen LogP contribution in [0.1, 0.15) is 35.3 Å². The summed E-state index contributed by atoms with van der Waals surface area (Å²) in [6.45, 7) is 5.36. The van der Waals surface area contributed by atoms with E-state index in [2.05, 4.69) is 9.46 Å². The molecule has 2 aromatic carbocycles. The first kappa shape index (κ1) is 19.1. The van der Waals surface area contributed by atoms with Gasteiger partial charge in [-0.05, 0) is 50.5 Å². The molecule has 0 amide bonds. The van der Waals surface area contributed by atoms with Crippen molar-refractivity contribution in [1.29, 1.82) is 0 Å². The summed E-state index contributed by atoms with van der Waals surface area (Å²) in [4.78, 5) is 11.8. The molecule has 0 aliphatic heterocycles. The molecule has 0 radical (unpaired) electrons. The van der Waals surface area contributed by atoms with Crippen LogP contribution in [0.5, 0.6) is 0 Å². The van der Waals surface area contributed by atoms with E-state index in [1.54, 1.807) is 19.1 Å². The van der Waals surface area contributed by atoms with Crippen molar-refractivity contribution >= 4 is 16.0 Å². The molecule has 0 saturated heterocycles. The number of ether oxygens (including phenoxy) is 1. The fourth-order valence-electron chi connectivity index (χ4n) is 2.70. The van der Waals surface area contributed by atoms with E-state index >= 15 is 0 Å². The average molecular weight is 361 g/mol. The summed E-state index contributed by atoms with van der Waals surface area (Å²) in [7, 11) is -2.53. The van der Waals surface area contributed by atoms with Crippen LogP contribution in [-0.2, 0) is 21.2 Å². The van der Waals surface area contributed by atoms with Crippen LogP contribution in [0.15, 0.2) is 53.4 Å². The smallest absolute Gasteiger partial charge is 0.337 e. The monoisotopic (exact) mass is 361 g/mol. The van der Waals surface area contributed by atoms with Crippen LogP contribution in [0.3, 0.4) is 0 Å². The molecule has 5 nitrogen and oxygen atoms in total. The van der Waals surface area contributed by atoms with Gasteiger partial charge in [0.25, 0.3) is 0 Å². The lowest BCUT2D eigenvalue weighted by molar-refractivity contribution is 0.0600. The molecule has 0 aromatic heterocycles. The molecule has 0 spiro atoms. The van der Waals surface area contributed by atoms with Gasteiger partial charge in [-0.3, -0.25) is 0 Å². The van der Waals surface area contributed by atoms with E-state index in [4.69, 9.17) is 0 Å². The fraction of sp³-hybridized carbons (Fsp3) is 0.316. The maximum absolute atomic E-state index is 12.9. The SMILES string of the molecule is COC(=O)c1ccc(C)c(S(=O)(=O)NC(C)(C)Cc2ccccc2)c1. The Balaban J connectivity index is 2.30. The molecule has 2 rings (SSSR count). The highest BCUT2D eigenvalue weighted by molar-refractivity contribution is 7.89. The lowest BCUT2D eigenvalue weighted by Crippen LogP contribution is -2.45. The number of nitrogens with one attached hydrogen (secondary N) is 1. The molecule has 0 aliphatic rings. The Morgan fingerprint density at radius 2 is 1.76 bits per heavy atom. The Hall–Kier alpha value is -2.18. The summed E-state index contributed by atoms with van der Waals surface area (Å²) in [5, 5.41) is 0. The van der Waals surface area contributed by atoms with E-state index in [1.807, 2.05) is 44.2 Å². The minimum absolute atomic E-state index is 0.0801. The second kappa shape index (κ2) is 7.37. The van der Waals surface area contributed by atoms with Crippen LogP contribution in [0.25, 0.3) is 0 Å². The third kappa shape index (κ3) is 4.90. The van der Waals surface area contributed by atoms with Gasteiger partial charge < -0.3 is 4.74 Å². The lowest BCUT2D eigenvalue weighted by Gasteiger charge is -2.26. The van der Waals surface area contributed by atoms with Gasteiger partial charge in [-0.25, -0.2) is 17.9 Å². The van der Waals surface area contributed by atoms with Crippen molar-refractivity contribution in [3.8, 4) is 0 Å². The van der Waals surface area contributed by atoms with Gasteiger partial charge in [0.15, 0.2) is 0 Å². The Bertz CT molecular complexity index is 858. The van der Waals surface area contributed by atoms with E-state index in [-0.39, 0.29) is 10.5 Å². The van der Waals surface area contributed by atoms with E-state index in [9.17, 15) is 13.2 Å². The predicted molar refractivity (Wildman–Crippen MR) is 97.1 cm³/mol.